The maximum Gasteiger partial charge on any atom is 0.191 e. The number of anilines is 1. The van der Waals surface area contributed by atoms with Crippen molar-refractivity contribution in [3.05, 3.63) is 24.3 Å². The van der Waals surface area contributed by atoms with Crippen LogP contribution in [0.25, 0.3) is 0 Å². The van der Waals surface area contributed by atoms with Crippen LogP contribution in [0.5, 0.6) is 5.75 Å². The van der Waals surface area contributed by atoms with E-state index in [0.717, 1.165) is 89.9 Å². The van der Waals surface area contributed by atoms with Gasteiger partial charge in [0, 0.05) is 57.7 Å². The Kier molecular flexibility index (Phi) is 12.4. The molecular formula is C23H39IN4O3. The zero-order valence-corrected chi connectivity index (χ0v) is 21.3. The van der Waals surface area contributed by atoms with Crippen LogP contribution < -0.4 is 20.3 Å². The van der Waals surface area contributed by atoms with Gasteiger partial charge in [-0.05, 0) is 50.7 Å². The molecule has 0 bridgehead atoms. The van der Waals surface area contributed by atoms with Crippen LogP contribution in [0.15, 0.2) is 29.3 Å². The van der Waals surface area contributed by atoms with Crippen molar-refractivity contribution in [1.82, 2.24) is 10.6 Å². The first-order valence-electron chi connectivity index (χ1n) is 11.4. The van der Waals surface area contributed by atoms with Gasteiger partial charge < -0.3 is 29.7 Å². The summed E-state index contributed by atoms with van der Waals surface area (Å²) in [4.78, 5) is 7.25. The Labute approximate surface area is 204 Å². The number of methoxy groups -OCH3 is 1. The maximum atomic E-state index is 5.73. The molecule has 31 heavy (non-hydrogen) atoms. The number of benzene rings is 1. The maximum absolute atomic E-state index is 5.73. The summed E-state index contributed by atoms with van der Waals surface area (Å²) >= 11 is 0. The van der Waals surface area contributed by atoms with Crippen LogP contribution >= 0.6 is 24.0 Å². The summed E-state index contributed by atoms with van der Waals surface area (Å²) in [6.45, 7) is 9.13. The largest absolute Gasteiger partial charge is 0.497 e. The van der Waals surface area contributed by atoms with Gasteiger partial charge in [-0.1, -0.05) is 6.07 Å². The SMILES string of the molecule is CCNC(=NCC1CCN(c2cccc(OC)c2)C1)NCCCOCC1CCCO1.I. The number of nitrogens with one attached hydrogen (secondary N) is 2. The second-order valence-corrected chi connectivity index (χ2v) is 8.01. The molecule has 3 rings (SSSR count). The molecule has 2 N–H and O–H groups in total. The fraction of sp³-hybridized carbons (Fsp3) is 0.696. The quantitative estimate of drug-likeness (QED) is 0.192. The zero-order chi connectivity index (χ0) is 21.0. The van der Waals surface area contributed by atoms with Gasteiger partial charge in [-0.2, -0.15) is 0 Å². The van der Waals surface area contributed by atoms with Gasteiger partial charge in [-0.3, -0.25) is 4.99 Å². The van der Waals surface area contributed by atoms with Gasteiger partial charge in [-0.15, -0.1) is 24.0 Å². The number of hydrogen-bond acceptors (Lipinski definition) is 5. The highest BCUT2D eigenvalue weighted by Gasteiger charge is 2.23. The van der Waals surface area contributed by atoms with Crippen molar-refractivity contribution < 1.29 is 14.2 Å². The van der Waals surface area contributed by atoms with Gasteiger partial charge in [-0.25, -0.2) is 0 Å². The van der Waals surface area contributed by atoms with Gasteiger partial charge in [0.1, 0.15) is 5.75 Å². The average Bonchev–Trinajstić information content (AvgIpc) is 3.46. The molecule has 2 saturated heterocycles. The summed E-state index contributed by atoms with van der Waals surface area (Å²) in [5.74, 6) is 2.38. The first kappa shape index (κ1) is 26.0. The van der Waals surface area contributed by atoms with Crippen LogP contribution in [-0.2, 0) is 9.47 Å². The highest BCUT2D eigenvalue weighted by Crippen LogP contribution is 2.27. The third kappa shape index (κ3) is 9.02. The summed E-state index contributed by atoms with van der Waals surface area (Å²) in [7, 11) is 1.71. The van der Waals surface area contributed by atoms with Crippen molar-refractivity contribution in [2.45, 2.75) is 38.7 Å². The molecular weight excluding hydrogens is 507 g/mol. The summed E-state index contributed by atoms with van der Waals surface area (Å²) in [5, 5.41) is 6.78. The number of ether oxygens (including phenoxy) is 3. The van der Waals surface area contributed by atoms with Crippen molar-refractivity contribution in [3.63, 3.8) is 0 Å². The van der Waals surface area contributed by atoms with Crippen LogP contribution in [0.2, 0.25) is 0 Å². The minimum absolute atomic E-state index is 0. The number of aliphatic imine (C=N–C) groups is 1. The molecule has 2 heterocycles. The lowest BCUT2D eigenvalue weighted by molar-refractivity contribution is 0.0168. The van der Waals surface area contributed by atoms with E-state index in [1.54, 1.807) is 7.11 Å². The predicted molar refractivity (Wildman–Crippen MR) is 137 cm³/mol. The van der Waals surface area contributed by atoms with E-state index in [4.69, 9.17) is 19.2 Å². The third-order valence-corrected chi connectivity index (χ3v) is 5.64. The molecule has 2 aliphatic rings. The van der Waals surface area contributed by atoms with E-state index in [0.29, 0.717) is 12.0 Å². The van der Waals surface area contributed by atoms with E-state index < -0.39 is 0 Å². The number of guanidine groups is 1. The van der Waals surface area contributed by atoms with Gasteiger partial charge in [0.25, 0.3) is 0 Å². The summed E-state index contributed by atoms with van der Waals surface area (Å²) in [6, 6.07) is 8.31. The third-order valence-electron chi connectivity index (χ3n) is 5.64. The highest BCUT2D eigenvalue weighted by molar-refractivity contribution is 14.0. The molecule has 2 aliphatic heterocycles. The summed E-state index contributed by atoms with van der Waals surface area (Å²) < 4.78 is 16.7. The minimum Gasteiger partial charge on any atom is -0.497 e. The molecule has 8 heteroatoms. The van der Waals surface area contributed by atoms with E-state index in [9.17, 15) is 0 Å². The molecule has 0 aromatic heterocycles. The Morgan fingerprint density at radius 1 is 1.29 bits per heavy atom. The zero-order valence-electron chi connectivity index (χ0n) is 19.0. The fourth-order valence-corrected chi connectivity index (χ4v) is 3.96. The highest BCUT2D eigenvalue weighted by atomic mass is 127. The topological polar surface area (TPSA) is 67.4 Å². The molecule has 2 fully saturated rings. The Balaban J connectivity index is 0.00000341. The number of rotatable bonds is 11. The Bertz CT molecular complexity index is 655. The predicted octanol–water partition coefficient (Wildman–Crippen LogP) is 3.28. The molecule has 1 aromatic carbocycles. The number of nitrogens with zero attached hydrogens (tertiary/aromatic N) is 2. The monoisotopic (exact) mass is 546 g/mol. The molecule has 0 saturated carbocycles. The first-order chi connectivity index (χ1) is 14.8. The standard InChI is InChI=1S/C23H38N4O3.HI/c1-3-24-23(25-11-6-13-29-18-22-9-5-14-30-22)26-16-19-10-12-27(17-19)20-7-4-8-21(15-20)28-2;/h4,7-8,15,19,22H,3,5-6,9-14,16-18H2,1-2H3,(H2,24,25,26);1H. The second kappa shape index (κ2) is 14.7. The van der Waals surface area contributed by atoms with Crippen molar-refractivity contribution in [2.24, 2.45) is 10.9 Å². The normalized spacial score (nSPS) is 21.1. The van der Waals surface area contributed by atoms with Crippen LogP contribution in [0.3, 0.4) is 0 Å². The molecule has 0 radical (unpaired) electrons. The lowest BCUT2D eigenvalue weighted by Gasteiger charge is -2.19. The van der Waals surface area contributed by atoms with E-state index in [1.165, 1.54) is 5.69 Å². The molecule has 0 spiro atoms. The Hall–Kier alpha value is -1.26. The molecule has 0 amide bonds. The molecule has 176 valence electrons. The average molecular weight is 546 g/mol. The van der Waals surface area contributed by atoms with Gasteiger partial charge >= 0.3 is 0 Å². The van der Waals surface area contributed by atoms with E-state index in [2.05, 4.69) is 40.7 Å². The lowest BCUT2D eigenvalue weighted by Crippen LogP contribution is -2.38. The first-order valence-corrected chi connectivity index (χ1v) is 11.4. The van der Waals surface area contributed by atoms with Crippen LogP contribution in [0.4, 0.5) is 5.69 Å². The number of hydrogen-bond donors (Lipinski definition) is 2. The molecule has 7 nitrogen and oxygen atoms in total. The van der Waals surface area contributed by atoms with Crippen molar-refractivity contribution >= 4 is 35.6 Å². The smallest absolute Gasteiger partial charge is 0.191 e. The van der Waals surface area contributed by atoms with Crippen molar-refractivity contribution in [1.29, 1.82) is 0 Å². The Morgan fingerprint density at radius 3 is 2.97 bits per heavy atom. The molecule has 2 unspecified atom stereocenters. The van der Waals surface area contributed by atoms with Crippen LogP contribution in [0, 0.1) is 5.92 Å². The van der Waals surface area contributed by atoms with Gasteiger partial charge in [0.15, 0.2) is 5.96 Å². The van der Waals surface area contributed by atoms with E-state index >= 15 is 0 Å². The van der Waals surface area contributed by atoms with Gasteiger partial charge in [0.05, 0.1) is 19.8 Å². The van der Waals surface area contributed by atoms with Crippen molar-refractivity contribution in [3.8, 4) is 5.75 Å². The summed E-state index contributed by atoms with van der Waals surface area (Å²) in [5.41, 5.74) is 1.23. The minimum atomic E-state index is 0. The van der Waals surface area contributed by atoms with E-state index in [1.807, 2.05) is 6.07 Å². The molecule has 1 aromatic rings. The van der Waals surface area contributed by atoms with E-state index in [-0.39, 0.29) is 24.0 Å². The summed E-state index contributed by atoms with van der Waals surface area (Å²) in [6.07, 6.45) is 4.73. The Morgan fingerprint density at radius 2 is 2.19 bits per heavy atom. The fourth-order valence-electron chi connectivity index (χ4n) is 3.96. The van der Waals surface area contributed by atoms with Gasteiger partial charge in [0.2, 0.25) is 0 Å². The van der Waals surface area contributed by atoms with Crippen LogP contribution in [-0.4, -0.2) is 71.7 Å². The lowest BCUT2D eigenvalue weighted by atomic mass is 10.1. The molecule has 2 atom stereocenters. The van der Waals surface area contributed by atoms with Crippen LogP contribution in [0.1, 0.15) is 32.6 Å². The molecule has 0 aliphatic carbocycles. The number of halogens is 1. The second-order valence-electron chi connectivity index (χ2n) is 8.01. The van der Waals surface area contributed by atoms with Crippen molar-refractivity contribution in [2.75, 3.05) is 64.6 Å².